The van der Waals surface area contributed by atoms with Crippen molar-refractivity contribution >= 4 is 21.4 Å². The summed E-state index contributed by atoms with van der Waals surface area (Å²) >= 11 is 0. The van der Waals surface area contributed by atoms with Crippen LogP contribution in [-0.2, 0) is 9.84 Å². The van der Waals surface area contributed by atoms with Crippen LogP contribution in [0.25, 0.3) is 0 Å². The zero-order valence-corrected chi connectivity index (χ0v) is 12.1. The summed E-state index contributed by atoms with van der Waals surface area (Å²) in [6.45, 7) is 0. The van der Waals surface area contributed by atoms with Gasteiger partial charge in [-0.2, -0.15) is 0 Å². The Morgan fingerprint density at radius 3 is 2.52 bits per heavy atom. The molecule has 4 nitrogen and oxygen atoms in total. The van der Waals surface area contributed by atoms with Crippen molar-refractivity contribution < 1.29 is 13.2 Å². The largest absolute Gasteiger partial charge is 0.322 e. The smallest absolute Gasteiger partial charge is 0.255 e. The molecular weight excluding hydrogens is 286 g/mol. The highest BCUT2D eigenvalue weighted by molar-refractivity contribution is 7.90. The van der Waals surface area contributed by atoms with Crippen LogP contribution in [-0.4, -0.2) is 20.6 Å². The maximum atomic E-state index is 12.1. The van der Waals surface area contributed by atoms with Gasteiger partial charge in [-0.05, 0) is 36.4 Å². The van der Waals surface area contributed by atoms with Crippen molar-refractivity contribution in [3.63, 3.8) is 0 Å². The standard InChI is InChI=1S/C16H13NO3S/c1-3-12-6-4-8-14(10-12)17-16(18)13-7-5-9-15(11-13)21(2,19)20/h1,4-11H,2H3,(H,17,18). The highest BCUT2D eigenvalue weighted by Crippen LogP contribution is 2.15. The van der Waals surface area contributed by atoms with E-state index in [1.165, 1.54) is 18.2 Å². The lowest BCUT2D eigenvalue weighted by molar-refractivity contribution is 0.102. The van der Waals surface area contributed by atoms with Gasteiger partial charge in [0.2, 0.25) is 0 Å². The van der Waals surface area contributed by atoms with Gasteiger partial charge in [-0.15, -0.1) is 6.42 Å². The quantitative estimate of drug-likeness (QED) is 0.885. The summed E-state index contributed by atoms with van der Waals surface area (Å²) in [6, 6.07) is 12.7. The number of benzene rings is 2. The zero-order valence-electron chi connectivity index (χ0n) is 11.3. The van der Waals surface area contributed by atoms with Gasteiger partial charge in [0.25, 0.3) is 5.91 Å². The average Bonchev–Trinajstić information content (AvgIpc) is 2.46. The first-order valence-electron chi connectivity index (χ1n) is 6.08. The molecule has 0 saturated heterocycles. The fourth-order valence-electron chi connectivity index (χ4n) is 1.76. The molecule has 0 aromatic heterocycles. The SMILES string of the molecule is C#Cc1cccc(NC(=O)c2cccc(S(C)(=O)=O)c2)c1. The van der Waals surface area contributed by atoms with Crippen LogP contribution in [0, 0.1) is 12.3 Å². The molecule has 1 amide bonds. The minimum absolute atomic E-state index is 0.104. The maximum absolute atomic E-state index is 12.1. The first-order valence-corrected chi connectivity index (χ1v) is 7.97. The summed E-state index contributed by atoms with van der Waals surface area (Å²) in [5.74, 6) is 2.08. The lowest BCUT2D eigenvalue weighted by Gasteiger charge is -2.07. The maximum Gasteiger partial charge on any atom is 0.255 e. The normalized spacial score (nSPS) is 10.7. The molecule has 0 saturated carbocycles. The Balaban J connectivity index is 2.27. The Hall–Kier alpha value is -2.58. The van der Waals surface area contributed by atoms with Crippen LogP contribution in [0.5, 0.6) is 0 Å². The van der Waals surface area contributed by atoms with E-state index in [9.17, 15) is 13.2 Å². The van der Waals surface area contributed by atoms with Gasteiger partial charge in [0.05, 0.1) is 4.90 Å². The molecule has 5 heteroatoms. The van der Waals surface area contributed by atoms with Crippen molar-refractivity contribution in [3.8, 4) is 12.3 Å². The van der Waals surface area contributed by atoms with Gasteiger partial charge < -0.3 is 5.32 Å². The van der Waals surface area contributed by atoms with E-state index >= 15 is 0 Å². The lowest BCUT2D eigenvalue weighted by atomic mass is 10.2. The van der Waals surface area contributed by atoms with E-state index in [0.717, 1.165) is 6.26 Å². The Kier molecular flexibility index (Phi) is 4.10. The van der Waals surface area contributed by atoms with Crippen molar-refractivity contribution in [2.24, 2.45) is 0 Å². The summed E-state index contributed by atoms with van der Waals surface area (Å²) in [5.41, 5.74) is 1.47. The number of hydrogen-bond donors (Lipinski definition) is 1. The van der Waals surface area contributed by atoms with Crippen LogP contribution < -0.4 is 5.32 Å². The van der Waals surface area contributed by atoms with Crippen LogP contribution in [0.1, 0.15) is 15.9 Å². The van der Waals surface area contributed by atoms with Gasteiger partial charge in [0, 0.05) is 23.1 Å². The molecule has 2 aromatic carbocycles. The number of terminal acetylenes is 1. The third kappa shape index (κ3) is 3.71. The highest BCUT2D eigenvalue weighted by atomic mass is 32.2. The highest BCUT2D eigenvalue weighted by Gasteiger charge is 2.11. The van der Waals surface area contributed by atoms with E-state index in [1.807, 2.05) is 0 Å². The molecule has 0 radical (unpaired) electrons. The number of hydrogen-bond acceptors (Lipinski definition) is 3. The van der Waals surface area contributed by atoms with Crippen molar-refractivity contribution in [1.82, 2.24) is 0 Å². The molecule has 0 aliphatic rings. The van der Waals surface area contributed by atoms with Gasteiger partial charge in [0.1, 0.15) is 0 Å². The molecule has 0 fully saturated rings. The Bertz CT molecular complexity index is 833. The molecule has 2 rings (SSSR count). The van der Waals surface area contributed by atoms with Gasteiger partial charge in [-0.3, -0.25) is 4.79 Å². The minimum atomic E-state index is -3.35. The van der Waals surface area contributed by atoms with Crippen LogP contribution in [0.4, 0.5) is 5.69 Å². The first-order chi connectivity index (χ1) is 9.90. The first kappa shape index (κ1) is 14.8. The summed E-state index contributed by atoms with van der Waals surface area (Å²) in [5, 5.41) is 2.68. The van der Waals surface area contributed by atoms with Crippen LogP contribution >= 0.6 is 0 Å². The van der Waals surface area contributed by atoms with Gasteiger partial charge >= 0.3 is 0 Å². The average molecular weight is 299 g/mol. The molecule has 0 bridgehead atoms. The molecular formula is C16H13NO3S. The monoisotopic (exact) mass is 299 g/mol. The number of rotatable bonds is 3. The van der Waals surface area contributed by atoms with Crippen LogP contribution in [0.15, 0.2) is 53.4 Å². The third-order valence-corrected chi connectivity index (χ3v) is 3.92. The van der Waals surface area contributed by atoms with E-state index in [-0.39, 0.29) is 10.5 Å². The summed E-state index contributed by atoms with van der Waals surface area (Å²) in [6.07, 6.45) is 6.40. The fourth-order valence-corrected chi connectivity index (χ4v) is 2.42. The molecule has 0 aliphatic heterocycles. The van der Waals surface area contributed by atoms with Crippen molar-refractivity contribution in [2.45, 2.75) is 4.90 Å². The fraction of sp³-hybridized carbons (Fsp3) is 0.0625. The molecule has 0 atom stereocenters. The van der Waals surface area contributed by atoms with E-state index in [4.69, 9.17) is 6.42 Å². The second-order valence-electron chi connectivity index (χ2n) is 4.48. The number of nitrogens with one attached hydrogen (secondary N) is 1. The van der Waals surface area contributed by atoms with E-state index in [1.54, 1.807) is 30.3 Å². The third-order valence-electron chi connectivity index (χ3n) is 2.81. The lowest BCUT2D eigenvalue weighted by Crippen LogP contribution is -2.12. The summed E-state index contributed by atoms with van der Waals surface area (Å²) in [4.78, 5) is 12.2. The Morgan fingerprint density at radius 1 is 1.14 bits per heavy atom. The predicted molar refractivity (Wildman–Crippen MR) is 81.9 cm³/mol. The number of amides is 1. The van der Waals surface area contributed by atoms with E-state index < -0.39 is 15.7 Å². The van der Waals surface area contributed by atoms with Crippen molar-refractivity contribution in [2.75, 3.05) is 11.6 Å². The minimum Gasteiger partial charge on any atom is -0.322 e. The molecule has 21 heavy (non-hydrogen) atoms. The second kappa shape index (κ2) is 5.81. The molecule has 0 unspecified atom stereocenters. The molecule has 2 aromatic rings. The van der Waals surface area contributed by atoms with Gasteiger partial charge in [-0.25, -0.2) is 8.42 Å². The Labute approximate surface area is 123 Å². The Morgan fingerprint density at radius 2 is 1.86 bits per heavy atom. The second-order valence-corrected chi connectivity index (χ2v) is 6.49. The molecule has 106 valence electrons. The number of sulfone groups is 1. The summed E-state index contributed by atoms with van der Waals surface area (Å²) < 4.78 is 23.0. The van der Waals surface area contributed by atoms with Crippen molar-refractivity contribution in [1.29, 1.82) is 0 Å². The molecule has 1 N–H and O–H groups in total. The topological polar surface area (TPSA) is 63.2 Å². The zero-order chi connectivity index (χ0) is 15.5. The number of carbonyl (C=O) groups excluding carboxylic acids is 1. The van der Waals surface area contributed by atoms with Gasteiger partial charge in [-0.1, -0.05) is 18.1 Å². The van der Waals surface area contributed by atoms with Crippen LogP contribution in [0.3, 0.4) is 0 Å². The van der Waals surface area contributed by atoms with Gasteiger partial charge in [0.15, 0.2) is 9.84 Å². The number of anilines is 1. The van der Waals surface area contributed by atoms with Crippen LogP contribution in [0.2, 0.25) is 0 Å². The molecule has 0 spiro atoms. The van der Waals surface area contributed by atoms with E-state index in [2.05, 4.69) is 11.2 Å². The summed E-state index contributed by atoms with van der Waals surface area (Å²) in [7, 11) is -3.35. The van der Waals surface area contributed by atoms with Crippen molar-refractivity contribution in [3.05, 3.63) is 59.7 Å². The predicted octanol–water partition coefficient (Wildman–Crippen LogP) is 2.32. The number of carbonyl (C=O) groups is 1. The van der Waals surface area contributed by atoms with E-state index in [0.29, 0.717) is 11.3 Å². The molecule has 0 aliphatic carbocycles. The molecule has 0 heterocycles.